The highest BCUT2D eigenvalue weighted by Gasteiger charge is 2.17. The monoisotopic (exact) mass is 360 g/mol. The molecule has 2 aromatic heterocycles. The van der Waals surface area contributed by atoms with E-state index in [2.05, 4.69) is 10.1 Å². The standard InChI is InChI=1S/C22H24N4O/c1-16(2)25(20-11-8-14-23-15-20)22(27)13-12-21-17(3)24-26(18(21)4)19-9-6-5-7-10-19/h5-16H,1-4H3. The number of para-hydroxylation sites is 1. The third-order valence-corrected chi connectivity index (χ3v) is 4.42. The molecule has 0 radical (unpaired) electrons. The van der Waals surface area contributed by atoms with E-state index in [0.717, 1.165) is 28.3 Å². The third kappa shape index (κ3) is 3.97. The molecule has 138 valence electrons. The molecule has 0 N–H and O–H groups in total. The van der Waals surface area contributed by atoms with Gasteiger partial charge in [0.1, 0.15) is 0 Å². The average molecular weight is 360 g/mol. The molecule has 0 saturated heterocycles. The molecule has 3 aromatic rings. The van der Waals surface area contributed by atoms with Crippen LogP contribution >= 0.6 is 0 Å². The highest BCUT2D eigenvalue weighted by molar-refractivity contribution is 6.04. The molecule has 0 spiro atoms. The summed E-state index contributed by atoms with van der Waals surface area (Å²) in [6, 6.07) is 13.7. The predicted molar refractivity (Wildman–Crippen MR) is 109 cm³/mol. The normalized spacial score (nSPS) is 11.3. The number of benzene rings is 1. The molecule has 27 heavy (non-hydrogen) atoms. The molecule has 0 atom stereocenters. The van der Waals surface area contributed by atoms with Crippen molar-refractivity contribution < 1.29 is 4.79 Å². The Morgan fingerprint density at radius 2 is 1.85 bits per heavy atom. The summed E-state index contributed by atoms with van der Waals surface area (Å²) in [5.74, 6) is -0.0794. The van der Waals surface area contributed by atoms with Gasteiger partial charge in [0.05, 0.1) is 23.3 Å². The number of aryl methyl sites for hydroxylation is 1. The lowest BCUT2D eigenvalue weighted by atomic mass is 10.1. The Labute approximate surface area is 160 Å². The van der Waals surface area contributed by atoms with Crippen LogP contribution in [0.1, 0.15) is 30.8 Å². The van der Waals surface area contributed by atoms with Crippen LogP contribution in [0.25, 0.3) is 11.8 Å². The number of pyridine rings is 1. The number of nitrogens with zero attached hydrogens (tertiary/aromatic N) is 4. The summed E-state index contributed by atoms with van der Waals surface area (Å²) in [5, 5.41) is 4.63. The van der Waals surface area contributed by atoms with E-state index in [0.29, 0.717) is 0 Å². The molecule has 5 nitrogen and oxygen atoms in total. The minimum absolute atomic E-state index is 0.0283. The van der Waals surface area contributed by atoms with Crippen molar-refractivity contribution in [3.63, 3.8) is 0 Å². The molecule has 5 heteroatoms. The SMILES string of the molecule is Cc1nn(-c2ccccc2)c(C)c1C=CC(=O)N(c1cccnc1)C(C)C. The first-order chi connectivity index (χ1) is 13.0. The summed E-state index contributed by atoms with van der Waals surface area (Å²) >= 11 is 0. The Balaban J connectivity index is 1.89. The minimum atomic E-state index is -0.0794. The quantitative estimate of drug-likeness (QED) is 0.636. The molecule has 0 fully saturated rings. The zero-order valence-electron chi connectivity index (χ0n) is 16.1. The van der Waals surface area contributed by atoms with E-state index in [1.807, 2.05) is 80.9 Å². The number of carbonyl (C=O) groups is 1. The number of anilines is 1. The van der Waals surface area contributed by atoms with Crippen LogP contribution in [-0.4, -0.2) is 26.7 Å². The van der Waals surface area contributed by atoms with Gasteiger partial charge in [-0.1, -0.05) is 18.2 Å². The fourth-order valence-corrected chi connectivity index (χ4v) is 3.13. The van der Waals surface area contributed by atoms with Gasteiger partial charge in [0.25, 0.3) is 5.91 Å². The largest absolute Gasteiger partial charge is 0.305 e. The Hall–Kier alpha value is -3.21. The smallest absolute Gasteiger partial charge is 0.251 e. The Kier molecular flexibility index (Phi) is 5.50. The van der Waals surface area contributed by atoms with Crippen LogP contribution in [-0.2, 0) is 4.79 Å². The predicted octanol–water partition coefficient (Wildman–Crippen LogP) is 4.34. The second kappa shape index (κ2) is 7.99. The molecule has 0 aliphatic rings. The fraction of sp³-hybridized carbons (Fsp3) is 0.227. The van der Waals surface area contributed by atoms with Crippen LogP contribution in [0.15, 0.2) is 60.9 Å². The van der Waals surface area contributed by atoms with Crippen molar-refractivity contribution >= 4 is 17.7 Å². The van der Waals surface area contributed by atoms with Crippen molar-refractivity contribution in [3.05, 3.63) is 77.9 Å². The second-order valence-corrected chi connectivity index (χ2v) is 6.68. The van der Waals surface area contributed by atoms with Crippen molar-refractivity contribution in [1.29, 1.82) is 0 Å². The summed E-state index contributed by atoms with van der Waals surface area (Å²) in [7, 11) is 0. The van der Waals surface area contributed by atoms with Crippen molar-refractivity contribution in [2.24, 2.45) is 0 Å². The van der Waals surface area contributed by atoms with Crippen molar-refractivity contribution in [2.75, 3.05) is 4.90 Å². The summed E-state index contributed by atoms with van der Waals surface area (Å²) in [5.41, 5.74) is 4.64. The number of amides is 1. The molecule has 1 aromatic carbocycles. The molecule has 0 saturated carbocycles. The maximum atomic E-state index is 12.8. The number of carbonyl (C=O) groups excluding carboxylic acids is 1. The van der Waals surface area contributed by atoms with E-state index in [1.54, 1.807) is 23.4 Å². The van der Waals surface area contributed by atoms with Gasteiger partial charge in [-0.15, -0.1) is 0 Å². The Morgan fingerprint density at radius 3 is 2.48 bits per heavy atom. The molecule has 0 aliphatic heterocycles. The lowest BCUT2D eigenvalue weighted by molar-refractivity contribution is -0.114. The van der Waals surface area contributed by atoms with Gasteiger partial charge < -0.3 is 4.90 Å². The van der Waals surface area contributed by atoms with Crippen LogP contribution in [0, 0.1) is 13.8 Å². The van der Waals surface area contributed by atoms with Gasteiger partial charge in [-0.05, 0) is 58.0 Å². The van der Waals surface area contributed by atoms with E-state index >= 15 is 0 Å². The first kappa shape index (κ1) is 18.6. The fourth-order valence-electron chi connectivity index (χ4n) is 3.13. The van der Waals surface area contributed by atoms with Crippen LogP contribution < -0.4 is 4.90 Å². The van der Waals surface area contributed by atoms with Gasteiger partial charge in [0.2, 0.25) is 0 Å². The third-order valence-electron chi connectivity index (χ3n) is 4.42. The van der Waals surface area contributed by atoms with Gasteiger partial charge in [0.15, 0.2) is 0 Å². The van der Waals surface area contributed by atoms with Gasteiger partial charge in [-0.3, -0.25) is 9.78 Å². The number of aromatic nitrogens is 3. The van der Waals surface area contributed by atoms with Crippen LogP contribution in [0.5, 0.6) is 0 Å². The Morgan fingerprint density at radius 1 is 1.11 bits per heavy atom. The van der Waals surface area contributed by atoms with E-state index in [4.69, 9.17) is 0 Å². The molecule has 3 rings (SSSR count). The molecule has 1 amide bonds. The van der Waals surface area contributed by atoms with Crippen molar-refractivity contribution in [1.82, 2.24) is 14.8 Å². The summed E-state index contributed by atoms with van der Waals surface area (Å²) in [6.45, 7) is 7.95. The zero-order chi connectivity index (χ0) is 19.4. The lowest BCUT2D eigenvalue weighted by Crippen LogP contribution is -2.35. The lowest BCUT2D eigenvalue weighted by Gasteiger charge is -2.25. The average Bonchev–Trinajstić information content (AvgIpc) is 2.95. The summed E-state index contributed by atoms with van der Waals surface area (Å²) in [4.78, 5) is 18.7. The molecule has 0 bridgehead atoms. The van der Waals surface area contributed by atoms with E-state index in [9.17, 15) is 4.79 Å². The topological polar surface area (TPSA) is 51.0 Å². The molecule has 0 unspecified atom stereocenters. The van der Waals surface area contributed by atoms with E-state index < -0.39 is 0 Å². The van der Waals surface area contributed by atoms with Gasteiger partial charge >= 0.3 is 0 Å². The first-order valence-corrected chi connectivity index (χ1v) is 9.02. The van der Waals surface area contributed by atoms with Crippen LogP contribution in [0.2, 0.25) is 0 Å². The van der Waals surface area contributed by atoms with Gasteiger partial charge in [-0.25, -0.2) is 4.68 Å². The molecule has 0 aliphatic carbocycles. The zero-order valence-corrected chi connectivity index (χ0v) is 16.1. The van der Waals surface area contributed by atoms with Crippen LogP contribution in [0.4, 0.5) is 5.69 Å². The van der Waals surface area contributed by atoms with Gasteiger partial charge in [0, 0.05) is 29.6 Å². The summed E-state index contributed by atoms with van der Waals surface area (Å²) < 4.78 is 1.90. The number of hydrogen-bond acceptors (Lipinski definition) is 3. The van der Waals surface area contributed by atoms with E-state index in [1.165, 1.54) is 0 Å². The molecular weight excluding hydrogens is 336 g/mol. The van der Waals surface area contributed by atoms with Crippen molar-refractivity contribution in [3.8, 4) is 5.69 Å². The molecule has 2 heterocycles. The minimum Gasteiger partial charge on any atom is -0.305 e. The summed E-state index contributed by atoms with van der Waals surface area (Å²) in [6.07, 6.45) is 6.87. The highest BCUT2D eigenvalue weighted by Crippen LogP contribution is 2.20. The van der Waals surface area contributed by atoms with Crippen molar-refractivity contribution in [2.45, 2.75) is 33.7 Å². The maximum Gasteiger partial charge on any atom is 0.251 e. The highest BCUT2D eigenvalue weighted by atomic mass is 16.2. The maximum absolute atomic E-state index is 12.8. The van der Waals surface area contributed by atoms with E-state index in [-0.39, 0.29) is 11.9 Å². The first-order valence-electron chi connectivity index (χ1n) is 9.02. The number of rotatable bonds is 5. The van der Waals surface area contributed by atoms with Gasteiger partial charge in [-0.2, -0.15) is 5.10 Å². The number of hydrogen-bond donors (Lipinski definition) is 0. The molecular formula is C22H24N4O. The Bertz CT molecular complexity index is 943. The van der Waals surface area contributed by atoms with Crippen LogP contribution in [0.3, 0.4) is 0 Å². The second-order valence-electron chi connectivity index (χ2n) is 6.68.